The molecule has 1 amide bonds. The normalized spacial score (nSPS) is 21.7. The predicted octanol–water partition coefficient (Wildman–Crippen LogP) is 0.969. The Bertz CT molecular complexity index is 207. The molecular weight excluding hydrogens is 192 g/mol. The minimum Gasteiger partial charge on any atom is -0.377 e. The maximum atomic E-state index is 11.8. The van der Waals surface area contributed by atoms with Crippen molar-refractivity contribution in [3.05, 3.63) is 0 Å². The molecule has 0 radical (unpaired) electrons. The summed E-state index contributed by atoms with van der Waals surface area (Å²) in [6.45, 7) is 8.10. The van der Waals surface area contributed by atoms with Crippen molar-refractivity contribution in [2.45, 2.75) is 45.8 Å². The third kappa shape index (κ3) is 3.80. The molecule has 1 rings (SSSR count). The molecule has 1 saturated heterocycles. The number of amides is 1. The Morgan fingerprint density at radius 2 is 2.33 bits per heavy atom. The molecule has 1 fully saturated rings. The van der Waals surface area contributed by atoms with E-state index in [1.54, 1.807) is 0 Å². The van der Waals surface area contributed by atoms with Crippen molar-refractivity contribution in [3.8, 4) is 0 Å². The van der Waals surface area contributed by atoms with Crippen LogP contribution in [0.1, 0.15) is 33.6 Å². The molecule has 0 bridgehead atoms. The molecule has 1 atom stereocenters. The minimum absolute atomic E-state index is 0.0362. The summed E-state index contributed by atoms with van der Waals surface area (Å²) >= 11 is 0. The molecule has 0 aromatic carbocycles. The second-order valence-electron chi connectivity index (χ2n) is 4.22. The number of carbonyl (C=O) groups excluding carboxylic acids is 1. The van der Waals surface area contributed by atoms with Gasteiger partial charge >= 0.3 is 0 Å². The molecule has 0 aliphatic carbocycles. The Balaban J connectivity index is 2.24. The molecule has 4 heteroatoms. The number of hydrogen-bond acceptors (Lipinski definition) is 3. The first-order chi connectivity index (χ1) is 7.15. The third-order valence-corrected chi connectivity index (χ3v) is 2.53. The average molecular weight is 214 g/mol. The van der Waals surface area contributed by atoms with Gasteiger partial charge in [-0.15, -0.1) is 0 Å². The van der Waals surface area contributed by atoms with Crippen molar-refractivity contribution in [3.63, 3.8) is 0 Å². The van der Waals surface area contributed by atoms with Crippen LogP contribution in [0.25, 0.3) is 0 Å². The van der Waals surface area contributed by atoms with Gasteiger partial charge in [-0.05, 0) is 20.3 Å². The fourth-order valence-electron chi connectivity index (χ4n) is 1.71. The fourth-order valence-corrected chi connectivity index (χ4v) is 1.71. The van der Waals surface area contributed by atoms with Crippen LogP contribution in [-0.4, -0.2) is 42.8 Å². The van der Waals surface area contributed by atoms with Crippen LogP contribution in [0.3, 0.4) is 0 Å². The van der Waals surface area contributed by atoms with Crippen LogP contribution < -0.4 is 5.32 Å². The Labute approximate surface area is 92.0 Å². The lowest BCUT2D eigenvalue weighted by Crippen LogP contribution is -2.33. The first-order valence-corrected chi connectivity index (χ1v) is 5.79. The highest BCUT2D eigenvalue weighted by Gasteiger charge is 2.29. The van der Waals surface area contributed by atoms with E-state index in [9.17, 15) is 4.79 Å². The molecule has 1 N–H and O–H groups in total. The second kappa shape index (κ2) is 6.08. The van der Waals surface area contributed by atoms with Crippen LogP contribution in [0.2, 0.25) is 0 Å². The standard InChI is InChI=1S/C11H22N2O2/c1-4-5-10-11(14)13(8-12-10)6-7-15-9(2)3/h9-10,12H,4-8H2,1-3H3. The molecule has 1 aliphatic heterocycles. The summed E-state index contributed by atoms with van der Waals surface area (Å²) in [6, 6.07) is 0.0362. The largest absolute Gasteiger partial charge is 0.377 e. The highest BCUT2D eigenvalue weighted by atomic mass is 16.5. The first kappa shape index (κ1) is 12.5. The Hall–Kier alpha value is -0.610. The van der Waals surface area contributed by atoms with Gasteiger partial charge in [-0.2, -0.15) is 0 Å². The molecule has 88 valence electrons. The number of carbonyl (C=O) groups is 1. The van der Waals surface area contributed by atoms with E-state index in [0.717, 1.165) is 12.8 Å². The zero-order chi connectivity index (χ0) is 11.3. The third-order valence-electron chi connectivity index (χ3n) is 2.53. The molecule has 4 nitrogen and oxygen atoms in total. The van der Waals surface area contributed by atoms with Crippen molar-refractivity contribution < 1.29 is 9.53 Å². The lowest BCUT2D eigenvalue weighted by atomic mass is 10.2. The lowest BCUT2D eigenvalue weighted by molar-refractivity contribution is -0.129. The van der Waals surface area contributed by atoms with Gasteiger partial charge in [-0.1, -0.05) is 13.3 Å². The van der Waals surface area contributed by atoms with E-state index in [2.05, 4.69) is 12.2 Å². The number of nitrogens with one attached hydrogen (secondary N) is 1. The Morgan fingerprint density at radius 1 is 1.60 bits per heavy atom. The zero-order valence-electron chi connectivity index (χ0n) is 9.95. The monoisotopic (exact) mass is 214 g/mol. The summed E-state index contributed by atoms with van der Waals surface area (Å²) in [5, 5.41) is 3.22. The molecule has 15 heavy (non-hydrogen) atoms. The van der Waals surface area contributed by atoms with Crippen molar-refractivity contribution in [2.24, 2.45) is 0 Å². The van der Waals surface area contributed by atoms with Crippen LogP contribution in [0, 0.1) is 0 Å². The predicted molar refractivity (Wildman–Crippen MR) is 59.5 cm³/mol. The number of ether oxygens (including phenoxy) is 1. The molecule has 1 heterocycles. The Kier molecular flexibility index (Phi) is 5.05. The summed E-state index contributed by atoms with van der Waals surface area (Å²) < 4.78 is 5.43. The van der Waals surface area contributed by atoms with Crippen LogP contribution in [0.5, 0.6) is 0 Å². The summed E-state index contributed by atoms with van der Waals surface area (Å²) in [5.74, 6) is 0.226. The summed E-state index contributed by atoms with van der Waals surface area (Å²) in [7, 11) is 0. The van der Waals surface area contributed by atoms with Gasteiger partial charge in [0, 0.05) is 6.54 Å². The van der Waals surface area contributed by atoms with Crippen molar-refractivity contribution >= 4 is 5.91 Å². The number of hydrogen-bond donors (Lipinski definition) is 1. The highest BCUT2D eigenvalue weighted by Crippen LogP contribution is 2.08. The van der Waals surface area contributed by atoms with Crippen LogP contribution in [-0.2, 0) is 9.53 Å². The van der Waals surface area contributed by atoms with E-state index in [1.807, 2.05) is 18.7 Å². The molecule has 0 spiro atoms. The smallest absolute Gasteiger partial charge is 0.240 e. The van der Waals surface area contributed by atoms with E-state index >= 15 is 0 Å². The van der Waals surface area contributed by atoms with E-state index in [1.165, 1.54) is 0 Å². The minimum atomic E-state index is 0.0362. The maximum Gasteiger partial charge on any atom is 0.240 e. The highest BCUT2D eigenvalue weighted by molar-refractivity contribution is 5.83. The van der Waals surface area contributed by atoms with Crippen molar-refractivity contribution in [1.29, 1.82) is 0 Å². The van der Waals surface area contributed by atoms with Gasteiger partial charge in [-0.3, -0.25) is 10.1 Å². The quantitative estimate of drug-likeness (QED) is 0.716. The Morgan fingerprint density at radius 3 is 2.93 bits per heavy atom. The maximum absolute atomic E-state index is 11.8. The molecule has 0 aromatic heterocycles. The second-order valence-corrected chi connectivity index (χ2v) is 4.22. The van der Waals surface area contributed by atoms with E-state index in [4.69, 9.17) is 4.74 Å². The van der Waals surface area contributed by atoms with Gasteiger partial charge in [0.15, 0.2) is 0 Å². The fraction of sp³-hybridized carbons (Fsp3) is 0.909. The van der Waals surface area contributed by atoms with Gasteiger partial charge in [0.1, 0.15) is 0 Å². The number of nitrogens with zero attached hydrogens (tertiary/aromatic N) is 1. The molecule has 0 aromatic rings. The average Bonchev–Trinajstić information content (AvgIpc) is 2.50. The van der Waals surface area contributed by atoms with Gasteiger partial charge in [0.2, 0.25) is 5.91 Å². The molecular formula is C11H22N2O2. The van der Waals surface area contributed by atoms with Crippen LogP contribution in [0.4, 0.5) is 0 Å². The lowest BCUT2D eigenvalue weighted by Gasteiger charge is -2.16. The van der Waals surface area contributed by atoms with E-state index in [0.29, 0.717) is 19.8 Å². The first-order valence-electron chi connectivity index (χ1n) is 5.79. The number of rotatable bonds is 6. The van der Waals surface area contributed by atoms with Crippen LogP contribution in [0.15, 0.2) is 0 Å². The van der Waals surface area contributed by atoms with Gasteiger partial charge in [-0.25, -0.2) is 0 Å². The topological polar surface area (TPSA) is 41.6 Å². The zero-order valence-corrected chi connectivity index (χ0v) is 9.95. The summed E-state index contributed by atoms with van der Waals surface area (Å²) in [4.78, 5) is 13.6. The van der Waals surface area contributed by atoms with Crippen molar-refractivity contribution in [1.82, 2.24) is 10.2 Å². The summed E-state index contributed by atoms with van der Waals surface area (Å²) in [5.41, 5.74) is 0. The van der Waals surface area contributed by atoms with Gasteiger partial charge in [0.05, 0.1) is 25.4 Å². The summed E-state index contributed by atoms with van der Waals surface area (Å²) in [6.07, 6.45) is 2.21. The van der Waals surface area contributed by atoms with E-state index in [-0.39, 0.29) is 18.1 Å². The molecule has 1 unspecified atom stereocenters. The van der Waals surface area contributed by atoms with E-state index < -0.39 is 0 Å². The van der Waals surface area contributed by atoms with Crippen LogP contribution >= 0.6 is 0 Å². The van der Waals surface area contributed by atoms with Gasteiger partial charge in [0.25, 0.3) is 0 Å². The molecule has 1 aliphatic rings. The SMILES string of the molecule is CCCC1NCN(CCOC(C)C)C1=O. The van der Waals surface area contributed by atoms with Gasteiger partial charge < -0.3 is 9.64 Å². The molecule has 0 saturated carbocycles. The van der Waals surface area contributed by atoms with Crippen molar-refractivity contribution in [2.75, 3.05) is 19.8 Å².